The van der Waals surface area contributed by atoms with E-state index in [1.807, 2.05) is 97.1 Å². The highest BCUT2D eigenvalue weighted by atomic mass is 79.9. The number of aromatic amines is 2. The monoisotopic (exact) mass is 2090 g/mol. The van der Waals surface area contributed by atoms with Crippen LogP contribution in [-0.2, 0) is 0 Å². The van der Waals surface area contributed by atoms with Crippen LogP contribution in [0.5, 0.6) is 0 Å². The van der Waals surface area contributed by atoms with Gasteiger partial charge in [0.2, 0.25) is 0 Å². The Labute approximate surface area is 818 Å². The maximum absolute atomic E-state index is 11.6. The molecule has 0 aliphatic rings. The summed E-state index contributed by atoms with van der Waals surface area (Å²) in [6.07, 6.45) is 0. The Kier molecular flexibility index (Phi) is 25.6. The molecule has 0 amide bonds. The molecule has 0 fully saturated rings. The lowest BCUT2D eigenvalue weighted by Crippen LogP contribution is -2.29. The molecule has 0 saturated carbocycles. The van der Waals surface area contributed by atoms with Crippen LogP contribution >= 0.6 is 87.6 Å². The van der Waals surface area contributed by atoms with E-state index in [4.69, 9.17) is 0 Å². The maximum Gasteiger partial charge on any atom is 0.488 e. The number of nitro groups is 2. The Morgan fingerprint density at radius 2 is 0.607 bits per heavy atom. The average Bonchev–Trinajstić information content (AvgIpc) is 1.56. The molecule has 21 heteroatoms. The van der Waals surface area contributed by atoms with Crippen molar-refractivity contribution in [3.63, 3.8) is 0 Å². The predicted molar refractivity (Wildman–Crippen MR) is 581 cm³/mol. The number of nitro benzene ring substituents is 2. The van der Waals surface area contributed by atoms with Crippen molar-refractivity contribution in [2.24, 2.45) is 0 Å². The van der Waals surface area contributed by atoms with E-state index in [2.05, 4.69) is 417 Å². The molecule has 19 aromatic carbocycles. The molecule has 0 aliphatic carbocycles. The van der Waals surface area contributed by atoms with Crippen LogP contribution in [0.3, 0.4) is 0 Å². The van der Waals surface area contributed by atoms with Gasteiger partial charge in [0, 0.05) is 134 Å². The number of hydrogen-bond donors (Lipinski definition) is 4. The van der Waals surface area contributed by atoms with Crippen molar-refractivity contribution in [2.45, 2.75) is 0 Å². The van der Waals surface area contributed by atoms with Crippen molar-refractivity contribution >= 4 is 258 Å². The number of nitrogens with one attached hydrogen (secondary N) is 2. The lowest BCUT2D eigenvalue weighted by atomic mass is 9.80. The second-order valence-corrected chi connectivity index (χ2v) is 38.9. The predicted octanol–water partition coefficient (Wildman–Crippen LogP) is 30.5. The van der Waals surface area contributed by atoms with Crippen LogP contribution in [0.25, 0.3) is 165 Å². The summed E-state index contributed by atoms with van der Waals surface area (Å²) in [4.78, 5) is 28.4. The fourth-order valence-electron chi connectivity index (χ4n) is 18.2. The van der Waals surface area contributed by atoms with Crippen LogP contribution < -0.4 is 21.4 Å². The minimum atomic E-state index is -1.46. The van der Waals surface area contributed by atoms with Crippen LogP contribution in [0.4, 0.5) is 11.4 Å². The van der Waals surface area contributed by atoms with Crippen LogP contribution in [0.1, 0.15) is 0 Å². The summed E-state index contributed by atoms with van der Waals surface area (Å²) in [6.45, 7) is 0. The van der Waals surface area contributed by atoms with Gasteiger partial charge in [-0.2, -0.15) is 0 Å². The lowest BCUT2D eigenvalue weighted by molar-refractivity contribution is -0.385. The van der Waals surface area contributed by atoms with Gasteiger partial charge in [-0.1, -0.05) is 337 Å². The quantitative estimate of drug-likeness (QED) is 0.0433. The minimum Gasteiger partial charge on any atom is -0.423 e. The molecule has 652 valence electrons. The molecule has 0 unspecified atom stereocenters. The smallest absolute Gasteiger partial charge is 0.423 e. The van der Waals surface area contributed by atoms with Gasteiger partial charge in [0.25, 0.3) is 11.4 Å². The SMILES string of the molecule is Brc1ccc2c(c1)[nH]c1c2ccc2c1c1ccccc1n2-c1ccccc1.Brc1ccc2c(c1)[nH]c1cc3c(cc12)c1ccccc1n3-c1ccccc1.O=[N+]([O-])c1cc(Br)ccc1-c1ccc2c(c1)c1ccccc1n2-c1ccccc1.O=[N+]([O-])c1cc(Br)ccc1Br.OB(O)c1ccc2c(c1)c1ccccc1n2-c1ccccc1.c1ccc(P(c2ccccc2)c2ccccc2)cc1. The summed E-state index contributed by atoms with van der Waals surface area (Å²) >= 11 is 16.7. The van der Waals surface area contributed by atoms with E-state index in [-0.39, 0.29) is 16.3 Å². The highest BCUT2D eigenvalue weighted by molar-refractivity contribution is 9.11. The maximum atomic E-state index is 11.6. The summed E-state index contributed by atoms with van der Waals surface area (Å²) in [5.74, 6) is 0. The molecule has 25 aromatic rings. The van der Waals surface area contributed by atoms with Crippen molar-refractivity contribution < 1.29 is 19.9 Å². The molecule has 0 atom stereocenters. The Hall–Kier alpha value is -14.4. The molecule has 135 heavy (non-hydrogen) atoms. The molecule has 0 radical (unpaired) electrons. The summed E-state index contributed by atoms with van der Waals surface area (Å²) in [7, 11) is -1.90. The Morgan fingerprint density at radius 3 is 1.07 bits per heavy atom. The van der Waals surface area contributed by atoms with Gasteiger partial charge < -0.3 is 38.3 Å². The standard InChI is InChI=1S/C24H15BrN2O2.2C24H15BrN2.C18H14BNO2.C18H15P.C6H3Br2NO2/c25-17-11-12-19(24(15-17)27(28)29)16-10-13-23-21(14-16)20-8-4-5-9-22(20)26(23)18-6-2-1-3-7-18;25-15-10-11-17-19-13-20-18-8-4-5-9-23(18)27(16-6-2-1-3-7-16)24(20)14-22(19)26-21(17)12-15;25-15-10-11-17-18-12-13-22-23(24(18)26-20(17)14-15)19-8-4-5-9-21(19)27(22)16-6-2-1-3-7-16;21-19(22)13-10-11-18-16(12-13)15-8-4-5-9-17(15)20(18)14-6-2-1-3-7-14;1-4-10-16(11-5-1)19(17-12-6-2-7-13-17)18-14-8-3-9-15-18;7-4-1-2-5(8)6(3-4)9(10)11/h1-15H;2*1-14,26H;1-12,21-22H;1-15H;1-3H. The number of hydrogen-bond acceptors (Lipinski definition) is 6. The van der Waals surface area contributed by atoms with E-state index in [1.54, 1.807) is 30.3 Å². The van der Waals surface area contributed by atoms with Gasteiger partial charge in [0.1, 0.15) is 0 Å². The normalized spacial score (nSPS) is 11.3. The summed E-state index contributed by atoms with van der Waals surface area (Å²) in [5.41, 5.74) is 20.6. The summed E-state index contributed by atoms with van der Waals surface area (Å²) < 4.78 is 13.2. The first-order valence-electron chi connectivity index (χ1n) is 43.5. The van der Waals surface area contributed by atoms with E-state index in [0.717, 1.165) is 86.0 Å². The molecule has 0 aliphatic heterocycles. The molecule has 6 aromatic heterocycles. The van der Waals surface area contributed by atoms with E-state index in [1.165, 1.54) is 104 Å². The minimum absolute atomic E-state index is 0.0689. The fourth-order valence-corrected chi connectivity index (χ4v) is 22.3. The largest absolute Gasteiger partial charge is 0.488 e. The van der Waals surface area contributed by atoms with E-state index < -0.39 is 20.0 Å². The number of rotatable bonds is 11. The molecule has 0 bridgehead atoms. The number of halogens is 5. The first-order chi connectivity index (χ1) is 66.0. The highest BCUT2D eigenvalue weighted by Crippen LogP contribution is 2.44. The van der Waals surface area contributed by atoms with Gasteiger partial charge in [-0.15, -0.1) is 0 Å². The number of benzene rings is 19. The third-order valence-corrected chi connectivity index (χ3v) is 29.2. The average molecular weight is 2100 g/mol. The molecule has 4 N–H and O–H groups in total. The number of fused-ring (bicyclic) bond motifs is 19. The van der Waals surface area contributed by atoms with Crippen LogP contribution in [0.15, 0.2) is 465 Å². The lowest BCUT2D eigenvalue weighted by Gasteiger charge is -2.18. The van der Waals surface area contributed by atoms with Gasteiger partial charge in [-0.3, -0.25) is 20.2 Å². The molecule has 0 saturated heterocycles. The first-order valence-corrected chi connectivity index (χ1v) is 48.8. The molecule has 0 spiro atoms. The Balaban J connectivity index is 0.000000102. The zero-order valence-corrected chi connectivity index (χ0v) is 80.6. The fraction of sp³-hybridized carbons (Fsp3) is 0. The van der Waals surface area contributed by atoms with Crippen molar-refractivity contribution in [1.29, 1.82) is 0 Å². The van der Waals surface area contributed by atoms with E-state index in [0.29, 0.717) is 24.4 Å². The molecular weight excluding hydrogens is 2020 g/mol. The Bertz CT molecular complexity index is 8600. The van der Waals surface area contributed by atoms with Crippen molar-refractivity contribution in [3.05, 3.63) is 485 Å². The molecule has 14 nitrogen and oxygen atoms in total. The summed E-state index contributed by atoms with van der Waals surface area (Å²) in [6, 6.07) is 151. The van der Waals surface area contributed by atoms with Crippen LogP contribution in [0, 0.1) is 20.2 Å². The third kappa shape index (κ3) is 17.8. The van der Waals surface area contributed by atoms with Gasteiger partial charge in [0.15, 0.2) is 0 Å². The van der Waals surface area contributed by atoms with Crippen LogP contribution in [-0.4, -0.2) is 55.2 Å². The molecule has 6 heterocycles. The first kappa shape index (κ1) is 88.5. The molecule has 25 rings (SSSR count). The Morgan fingerprint density at radius 1 is 0.267 bits per heavy atom. The van der Waals surface area contributed by atoms with Crippen molar-refractivity contribution in [2.75, 3.05) is 0 Å². The third-order valence-electron chi connectivity index (χ3n) is 24.1. The van der Waals surface area contributed by atoms with E-state index in [9.17, 15) is 30.3 Å². The van der Waals surface area contributed by atoms with Gasteiger partial charge in [0.05, 0.1) is 69.5 Å². The number of nitrogens with zero attached hydrogens (tertiary/aromatic N) is 6. The van der Waals surface area contributed by atoms with Gasteiger partial charge in [-0.25, -0.2) is 0 Å². The van der Waals surface area contributed by atoms with E-state index >= 15 is 0 Å². The highest BCUT2D eigenvalue weighted by Gasteiger charge is 2.24. The van der Waals surface area contributed by atoms with Gasteiger partial charge >= 0.3 is 7.12 Å². The number of para-hydroxylation sites is 8. The van der Waals surface area contributed by atoms with Crippen molar-refractivity contribution in [3.8, 4) is 33.9 Å². The zero-order valence-electron chi connectivity index (χ0n) is 71.8. The van der Waals surface area contributed by atoms with Gasteiger partial charge in [-0.05, 0) is 209 Å². The second kappa shape index (κ2) is 39.0. The van der Waals surface area contributed by atoms with Crippen LogP contribution in [0.2, 0.25) is 0 Å². The van der Waals surface area contributed by atoms with Crippen molar-refractivity contribution in [1.82, 2.24) is 28.2 Å². The molecular formula is C114H77BBr5N8O6P. The number of H-pyrrole nitrogens is 2. The zero-order chi connectivity index (χ0) is 92.3. The topological polar surface area (TPSA) is 178 Å². The summed E-state index contributed by atoms with van der Waals surface area (Å²) in [5, 5.41) is 59.4. The number of aromatic nitrogens is 6. The second-order valence-electron chi connectivity index (χ2n) is 32.2.